The Balaban J connectivity index is 2.80. The number of nitrogens with one attached hydrogen (secondary N) is 1. The Bertz CT molecular complexity index is 606. The molecule has 3 N–H and O–H groups in total. The maximum Gasteiger partial charge on any atom is 0.0653 e. The molecule has 20 heavy (non-hydrogen) atoms. The van der Waals surface area contributed by atoms with Gasteiger partial charge in [0.2, 0.25) is 0 Å². The van der Waals surface area contributed by atoms with Crippen molar-refractivity contribution in [2.75, 3.05) is 7.05 Å². The fourth-order valence-electron chi connectivity index (χ4n) is 2.89. The quantitative estimate of drug-likeness (QED) is 0.880. The van der Waals surface area contributed by atoms with Gasteiger partial charge in [-0.05, 0) is 23.5 Å². The first-order valence-electron chi connectivity index (χ1n) is 6.89. The summed E-state index contributed by atoms with van der Waals surface area (Å²) in [5.74, 6) is 0.373. The van der Waals surface area contributed by atoms with Gasteiger partial charge in [0, 0.05) is 18.2 Å². The summed E-state index contributed by atoms with van der Waals surface area (Å²) in [6.07, 6.45) is 4.73. The van der Waals surface area contributed by atoms with E-state index >= 15 is 0 Å². The molecule has 0 aromatic heterocycles. The fraction of sp³-hybridized carbons (Fsp3) is 0.222. The SMILES string of the molecule is C=CC1=C(\C=C)C(C)Cc2ccccc2/C(N)=C\1NC. The van der Waals surface area contributed by atoms with E-state index in [2.05, 4.69) is 43.6 Å². The van der Waals surface area contributed by atoms with Crippen LogP contribution >= 0.6 is 0 Å². The summed E-state index contributed by atoms with van der Waals surface area (Å²) >= 11 is 0. The number of hydrogen-bond acceptors (Lipinski definition) is 2. The zero-order valence-electron chi connectivity index (χ0n) is 12.2. The lowest BCUT2D eigenvalue weighted by atomic mass is 9.83. The third-order valence-corrected chi connectivity index (χ3v) is 3.89. The monoisotopic (exact) mass is 266 g/mol. The normalized spacial score (nSPS) is 26.2. The topological polar surface area (TPSA) is 38.0 Å². The van der Waals surface area contributed by atoms with E-state index < -0.39 is 0 Å². The van der Waals surface area contributed by atoms with E-state index in [1.54, 1.807) is 0 Å². The van der Waals surface area contributed by atoms with Crippen LogP contribution < -0.4 is 11.1 Å². The zero-order chi connectivity index (χ0) is 14.7. The summed E-state index contributed by atoms with van der Waals surface area (Å²) in [5, 5.41) is 3.23. The van der Waals surface area contributed by atoms with Gasteiger partial charge in [-0.2, -0.15) is 0 Å². The average molecular weight is 266 g/mol. The zero-order valence-corrected chi connectivity index (χ0v) is 12.2. The number of benzene rings is 1. The molecule has 0 amide bonds. The highest BCUT2D eigenvalue weighted by molar-refractivity contribution is 5.74. The van der Waals surface area contributed by atoms with Crippen molar-refractivity contribution in [3.05, 3.63) is 77.5 Å². The van der Waals surface area contributed by atoms with Crippen molar-refractivity contribution in [3.63, 3.8) is 0 Å². The Kier molecular flexibility index (Phi) is 4.14. The Morgan fingerprint density at radius 2 is 1.95 bits per heavy atom. The number of nitrogens with two attached hydrogens (primary N) is 1. The van der Waals surface area contributed by atoms with E-state index in [1.165, 1.54) is 11.1 Å². The molecule has 1 unspecified atom stereocenters. The second kappa shape index (κ2) is 5.83. The van der Waals surface area contributed by atoms with E-state index in [0.29, 0.717) is 5.92 Å². The molecular weight excluding hydrogens is 244 g/mol. The fourth-order valence-corrected chi connectivity index (χ4v) is 2.89. The van der Waals surface area contributed by atoms with E-state index in [1.807, 2.05) is 25.3 Å². The van der Waals surface area contributed by atoms with Crippen LogP contribution in [-0.2, 0) is 6.42 Å². The number of allylic oxidation sites excluding steroid dienone is 3. The van der Waals surface area contributed by atoms with Crippen LogP contribution in [0.25, 0.3) is 5.70 Å². The summed E-state index contributed by atoms with van der Waals surface area (Å²) in [4.78, 5) is 0. The van der Waals surface area contributed by atoms with Gasteiger partial charge in [0.05, 0.1) is 11.4 Å². The minimum Gasteiger partial charge on any atom is -0.397 e. The first-order valence-corrected chi connectivity index (χ1v) is 6.89. The van der Waals surface area contributed by atoms with Gasteiger partial charge >= 0.3 is 0 Å². The van der Waals surface area contributed by atoms with Crippen LogP contribution in [0.5, 0.6) is 0 Å². The lowest BCUT2D eigenvalue weighted by Gasteiger charge is -2.25. The van der Waals surface area contributed by atoms with E-state index in [9.17, 15) is 0 Å². The molecule has 1 atom stereocenters. The van der Waals surface area contributed by atoms with Crippen molar-refractivity contribution in [2.45, 2.75) is 13.3 Å². The molecule has 0 saturated carbocycles. The smallest absolute Gasteiger partial charge is 0.0653 e. The second-order valence-electron chi connectivity index (χ2n) is 5.08. The van der Waals surface area contributed by atoms with Crippen LogP contribution in [-0.4, -0.2) is 7.05 Å². The van der Waals surface area contributed by atoms with Crippen LogP contribution in [0.2, 0.25) is 0 Å². The maximum absolute atomic E-state index is 6.40. The molecular formula is C18H22N2. The van der Waals surface area contributed by atoms with Crippen LogP contribution in [0.4, 0.5) is 0 Å². The highest BCUT2D eigenvalue weighted by Gasteiger charge is 2.21. The largest absolute Gasteiger partial charge is 0.397 e. The molecule has 0 spiro atoms. The molecule has 1 aromatic carbocycles. The molecule has 0 aliphatic heterocycles. The van der Waals surface area contributed by atoms with Crippen LogP contribution in [0.15, 0.2) is 66.4 Å². The summed E-state index contributed by atoms with van der Waals surface area (Å²) in [6, 6.07) is 8.31. The first kappa shape index (κ1) is 14.2. The molecule has 104 valence electrons. The lowest BCUT2D eigenvalue weighted by Crippen LogP contribution is -2.20. The molecule has 2 nitrogen and oxygen atoms in total. The highest BCUT2D eigenvalue weighted by atomic mass is 14.9. The van der Waals surface area contributed by atoms with Crippen LogP contribution in [0.3, 0.4) is 0 Å². The lowest BCUT2D eigenvalue weighted by molar-refractivity contribution is 0.684. The minimum atomic E-state index is 0.373. The number of hydrogen-bond donors (Lipinski definition) is 2. The maximum atomic E-state index is 6.40. The Morgan fingerprint density at radius 3 is 2.55 bits per heavy atom. The summed E-state index contributed by atoms with van der Waals surface area (Å²) in [6.45, 7) is 10.1. The van der Waals surface area contributed by atoms with E-state index in [0.717, 1.165) is 29.0 Å². The molecule has 1 aromatic rings. The van der Waals surface area contributed by atoms with Gasteiger partial charge in [-0.15, -0.1) is 0 Å². The summed E-state index contributed by atoms with van der Waals surface area (Å²) in [7, 11) is 1.89. The minimum absolute atomic E-state index is 0.373. The van der Waals surface area contributed by atoms with Gasteiger partial charge in [-0.25, -0.2) is 0 Å². The van der Waals surface area contributed by atoms with Crippen molar-refractivity contribution >= 4 is 5.70 Å². The average Bonchev–Trinajstić information content (AvgIpc) is 2.46. The van der Waals surface area contributed by atoms with Crippen LogP contribution in [0, 0.1) is 5.92 Å². The van der Waals surface area contributed by atoms with Crippen molar-refractivity contribution in [1.82, 2.24) is 5.32 Å². The van der Waals surface area contributed by atoms with Gasteiger partial charge in [0.25, 0.3) is 0 Å². The van der Waals surface area contributed by atoms with E-state index in [4.69, 9.17) is 5.73 Å². The molecule has 0 radical (unpaired) electrons. The molecule has 0 bridgehead atoms. The molecule has 0 fully saturated rings. The third kappa shape index (κ3) is 2.29. The van der Waals surface area contributed by atoms with Crippen LogP contribution in [0.1, 0.15) is 18.1 Å². The molecule has 1 aliphatic carbocycles. The predicted molar refractivity (Wildman–Crippen MR) is 86.9 cm³/mol. The molecule has 2 heteroatoms. The standard InChI is InChI=1S/C18H22N2/c1-5-14-12(3)11-13-9-7-8-10-16(13)17(19)18(20-4)15(14)6-2/h5-10,12,20H,1-2,11,19H2,3-4H3/b15-14-,18-17-. The molecule has 2 rings (SSSR count). The van der Waals surface area contributed by atoms with Crippen molar-refractivity contribution in [3.8, 4) is 0 Å². The van der Waals surface area contributed by atoms with Crippen molar-refractivity contribution in [1.29, 1.82) is 0 Å². The first-order chi connectivity index (χ1) is 9.63. The predicted octanol–water partition coefficient (Wildman–Crippen LogP) is 3.39. The third-order valence-electron chi connectivity index (χ3n) is 3.89. The Morgan fingerprint density at radius 1 is 1.25 bits per heavy atom. The molecule has 0 heterocycles. The Hall–Kier alpha value is -2.22. The number of rotatable bonds is 3. The van der Waals surface area contributed by atoms with Crippen molar-refractivity contribution in [2.24, 2.45) is 11.7 Å². The summed E-state index contributed by atoms with van der Waals surface area (Å²) < 4.78 is 0. The van der Waals surface area contributed by atoms with Gasteiger partial charge in [-0.1, -0.05) is 56.5 Å². The molecule has 0 saturated heterocycles. The van der Waals surface area contributed by atoms with Gasteiger partial charge in [-0.3, -0.25) is 0 Å². The van der Waals surface area contributed by atoms with Gasteiger partial charge in [0.15, 0.2) is 0 Å². The number of fused-ring (bicyclic) bond motifs is 1. The molecule has 1 aliphatic rings. The van der Waals surface area contributed by atoms with Crippen molar-refractivity contribution < 1.29 is 0 Å². The Labute approximate surface area is 121 Å². The van der Waals surface area contributed by atoms with E-state index in [-0.39, 0.29) is 0 Å². The summed E-state index contributed by atoms with van der Waals surface area (Å²) in [5.41, 5.74) is 12.7. The van der Waals surface area contributed by atoms with Gasteiger partial charge < -0.3 is 11.1 Å². The highest BCUT2D eigenvalue weighted by Crippen LogP contribution is 2.32. The number of likely N-dealkylation sites (N-methyl/N-ethyl adjacent to an activating group) is 1. The van der Waals surface area contributed by atoms with Gasteiger partial charge in [0.1, 0.15) is 0 Å². The second-order valence-corrected chi connectivity index (χ2v) is 5.08.